The van der Waals surface area contributed by atoms with E-state index in [1.54, 1.807) is 0 Å². The zero-order valence-corrected chi connectivity index (χ0v) is 11.1. The van der Waals surface area contributed by atoms with E-state index < -0.39 is 37.7 Å². The molecule has 110 valence electrons. The number of H-pyrrole nitrogens is 1. The molecule has 0 spiro atoms. The third kappa shape index (κ3) is 3.08. The molecule has 3 N–H and O–H groups in total. The van der Waals surface area contributed by atoms with E-state index in [0.717, 1.165) is 30.5 Å². The van der Waals surface area contributed by atoms with Gasteiger partial charge in [0.25, 0.3) is 10.0 Å². The number of hydrogen-bond acceptors (Lipinski definition) is 4. The Bertz CT molecular complexity index is 860. The average molecular weight is 312 g/mol. The number of aromatic amines is 1. The van der Waals surface area contributed by atoms with Gasteiger partial charge in [0.15, 0.2) is 4.90 Å². The Kier molecular flexibility index (Phi) is 3.76. The van der Waals surface area contributed by atoms with Gasteiger partial charge in [0, 0.05) is 24.1 Å². The summed E-state index contributed by atoms with van der Waals surface area (Å²) < 4.78 is 39.3. The highest BCUT2D eigenvalue weighted by molar-refractivity contribution is 7.92. The topological polar surface area (TPSA) is 116 Å². The molecule has 0 saturated carbocycles. The summed E-state index contributed by atoms with van der Waals surface area (Å²) in [6, 6.07) is 3.72. The monoisotopic (exact) mass is 312 g/mol. The number of carboxylic acids is 1. The van der Waals surface area contributed by atoms with Crippen molar-refractivity contribution in [3.63, 3.8) is 0 Å². The Balaban J connectivity index is 2.43. The highest BCUT2D eigenvalue weighted by Crippen LogP contribution is 2.17. The normalized spacial score (nSPS) is 11.1. The number of aromatic carboxylic acids is 1. The summed E-state index contributed by atoms with van der Waals surface area (Å²) in [4.78, 5) is 24.2. The fraction of sp³-hybridized carbons (Fsp3) is 0. The van der Waals surface area contributed by atoms with Crippen LogP contribution in [0.2, 0.25) is 0 Å². The number of hydrogen-bond donors (Lipinski definition) is 3. The lowest BCUT2D eigenvalue weighted by molar-refractivity contribution is 0.0692. The molecular formula is C12H9FN2O5S. The number of nitrogens with one attached hydrogen (secondary N) is 2. The van der Waals surface area contributed by atoms with E-state index in [2.05, 4.69) is 4.98 Å². The van der Waals surface area contributed by atoms with Gasteiger partial charge in [0.2, 0.25) is 5.43 Å². The predicted molar refractivity (Wildman–Crippen MR) is 71.2 cm³/mol. The largest absolute Gasteiger partial charge is 0.478 e. The van der Waals surface area contributed by atoms with E-state index >= 15 is 0 Å². The van der Waals surface area contributed by atoms with E-state index in [9.17, 15) is 22.4 Å². The molecule has 0 radical (unpaired) electrons. The lowest BCUT2D eigenvalue weighted by Crippen LogP contribution is -2.21. The van der Waals surface area contributed by atoms with Gasteiger partial charge in [-0.3, -0.25) is 9.52 Å². The molecular weight excluding hydrogens is 303 g/mol. The van der Waals surface area contributed by atoms with Gasteiger partial charge in [-0.15, -0.1) is 0 Å². The maximum Gasteiger partial charge on any atom is 0.338 e. The predicted octanol–water partition coefficient (Wildman–Crippen LogP) is 1.01. The van der Waals surface area contributed by atoms with Crippen LogP contribution in [0, 0.1) is 5.82 Å². The summed E-state index contributed by atoms with van der Waals surface area (Å²) in [5, 5.41) is 8.78. The number of halogens is 1. The molecule has 0 aliphatic heterocycles. The number of sulfonamides is 1. The second-order valence-electron chi connectivity index (χ2n) is 3.98. The van der Waals surface area contributed by atoms with Crippen molar-refractivity contribution in [1.82, 2.24) is 4.98 Å². The fourth-order valence-corrected chi connectivity index (χ4v) is 2.68. The summed E-state index contributed by atoms with van der Waals surface area (Å²) in [6.45, 7) is 0. The number of benzene rings is 1. The van der Waals surface area contributed by atoms with Gasteiger partial charge < -0.3 is 10.1 Å². The molecule has 0 saturated heterocycles. The second kappa shape index (κ2) is 5.37. The Morgan fingerprint density at radius 2 is 2.00 bits per heavy atom. The first kappa shape index (κ1) is 14.7. The molecule has 0 amide bonds. The van der Waals surface area contributed by atoms with E-state index in [1.807, 2.05) is 4.72 Å². The van der Waals surface area contributed by atoms with E-state index in [1.165, 1.54) is 6.20 Å². The minimum atomic E-state index is -4.21. The lowest BCUT2D eigenvalue weighted by atomic mass is 10.2. The summed E-state index contributed by atoms with van der Waals surface area (Å²) in [5.74, 6) is -2.53. The average Bonchev–Trinajstić information content (AvgIpc) is 2.40. The van der Waals surface area contributed by atoms with E-state index in [0.29, 0.717) is 0 Å². The molecule has 0 fully saturated rings. The maximum atomic E-state index is 13.2. The Hall–Kier alpha value is -2.68. The Labute approximate surface area is 118 Å². The second-order valence-corrected chi connectivity index (χ2v) is 5.63. The van der Waals surface area contributed by atoms with E-state index in [4.69, 9.17) is 5.11 Å². The molecule has 0 atom stereocenters. The molecule has 1 heterocycles. The van der Waals surface area contributed by atoms with Crippen molar-refractivity contribution in [3.05, 3.63) is 58.3 Å². The first-order valence-electron chi connectivity index (χ1n) is 5.54. The van der Waals surface area contributed by atoms with Crippen molar-refractivity contribution >= 4 is 21.7 Å². The zero-order chi connectivity index (χ0) is 15.6. The first-order chi connectivity index (χ1) is 9.81. The van der Waals surface area contributed by atoms with Gasteiger partial charge in [-0.25, -0.2) is 17.6 Å². The highest BCUT2D eigenvalue weighted by Gasteiger charge is 2.19. The van der Waals surface area contributed by atoms with Crippen LogP contribution < -0.4 is 10.2 Å². The summed E-state index contributed by atoms with van der Waals surface area (Å²) in [5.41, 5.74) is -1.59. The maximum absolute atomic E-state index is 13.2. The highest BCUT2D eigenvalue weighted by atomic mass is 32.2. The van der Waals surface area contributed by atoms with Gasteiger partial charge in [0.1, 0.15) is 5.82 Å². The Morgan fingerprint density at radius 1 is 1.29 bits per heavy atom. The van der Waals surface area contributed by atoms with Crippen LogP contribution in [0.1, 0.15) is 10.4 Å². The van der Waals surface area contributed by atoms with Crippen LogP contribution in [0.4, 0.5) is 10.1 Å². The zero-order valence-electron chi connectivity index (χ0n) is 10.3. The molecule has 2 rings (SSSR count). The molecule has 2 aromatic rings. The first-order valence-corrected chi connectivity index (χ1v) is 7.02. The van der Waals surface area contributed by atoms with Crippen LogP contribution in [-0.4, -0.2) is 24.5 Å². The minimum absolute atomic E-state index is 0.169. The molecule has 0 aliphatic rings. The van der Waals surface area contributed by atoms with Gasteiger partial charge in [0.05, 0.1) is 5.56 Å². The van der Waals surface area contributed by atoms with Crippen molar-refractivity contribution in [3.8, 4) is 0 Å². The number of anilines is 1. The van der Waals surface area contributed by atoms with Crippen molar-refractivity contribution in [1.29, 1.82) is 0 Å². The van der Waals surface area contributed by atoms with Crippen molar-refractivity contribution < 1.29 is 22.7 Å². The number of rotatable bonds is 4. The van der Waals surface area contributed by atoms with Gasteiger partial charge in [-0.1, -0.05) is 0 Å². The SMILES string of the molecule is O=C(O)c1cc(NS(=O)(=O)c2c[nH]ccc2=O)ccc1F. The number of aromatic nitrogens is 1. The van der Waals surface area contributed by atoms with Gasteiger partial charge in [-0.05, 0) is 18.2 Å². The van der Waals surface area contributed by atoms with Crippen LogP contribution in [0.25, 0.3) is 0 Å². The molecule has 0 unspecified atom stereocenters. The van der Waals surface area contributed by atoms with Crippen LogP contribution in [0.15, 0.2) is 46.3 Å². The van der Waals surface area contributed by atoms with Gasteiger partial charge in [-0.2, -0.15) is 0 Å². The standard InChI is InChI=1S/C12H9FN2O5S/c13-9-2-1-7(5-8(9)12(17)18)15-21(19,20)11-6-14-4-3-10(11)16/h1-6,15H,(H,14,16)(H,17,18). The summed E-state index contributed by atoms with van der Waals surface area (Å²) in [7, 11) is -4.21. The fourth-order valence-electron chi connectivity index (χ4n) is 1.57. The Morgan fingerprint density at radius 3 is 2.62 bits per heavy atom. The number of carboxylic acid groups (broad SMARTS) is 1. The van der Waals surface area contributed by atoms with Crippen molar-refractivity contribution in [2.45, 2.75) is 4.90 Å². The van der Waals surface area contributed by atoms with Gasteiger partial charge >= 0.3 is 5.97 Å². The third-order valence-electron chi connectivity index (χ3n) is 2.53. The smallest absolute Gasteiger partial charge is 0.338 e. The molecule has 1 aromatic carbocycles. The van der Waals surface area contributed by atoms with Crippen molar-refractivity contribution in [2.75, 3.05) is 4.72 Å². The number of pyridine rings is 1. The quantitative estimate of drug-likeness (QED) is 0.779. The molecule has 21 heavy (non-hydrogen) atoms. The van der Waals surface area contributed by atoms with E-state index in [-0.39, 0.29) is 5.69 Å². The van der Waals surface area contributed by atoms with Crippen LogP contribution >= 0.6 is 0 Å². The van der Waals surface area contributed by atoms with Crippen molar-refractivity contribution in [2.24, 2.45) is 0 Å². The molecule has 0 bridgehead atoms. The van der Waals surface area contributed by atoms with Crippen LogP contribution in [0.5, 0.6) is 0 Å². The number of carbonyl (C=O) groups is 1. The minimum Gasteiger partial charge on any atom is -0.478 e. The van der Waals surface area contributed by atoms with Crippen LogP contribution in [0.3, 0.4) is 0 Å². The van der Waals surface area contributed by atoms with Crippen LogP contribution in [-0.2, 0) is 10.0 Å². The molecule has 9 heteroatoms. The molecule has 0 aliphatic carbocycles. The molecule has 1 aromatic heterocycles. The summed E-state index contributed by atoms with van der Waals surface area (Å²) in [6.07, 6.45) is 2.26. The third-order valence-corrected chi connectivity index (χ3v) is 3.93. The lowest BCUT2D eigenvalue weighted by Gasteiger charge is -2.08. The molecule has 7 nitrogen and oxygen atoms in total. The summed E-state index contributed by atoms with van der Waals surface area (Å²) >= 11 is 0.